The van der Waals surface area contributed by atoms with Gasteiger partial charge in [0.1, 0.15) is 0 Å². The lowest BCUT2D eigenvalue weighted by atomic mass is 10.1. The van der Waals surface area contributed by atoms with Crippen molar-refractivity contribution in [2.45, 2.75) is 43.4 Å². The summed E-state index contributed by atoms with van der Waals surface area (Å²) in [5.74, 6) is 1.09. The van der Waals surface area contributed by atoms with E-state index in [1.165, 1.54) is 12.8 Å². The molecule has 0 bridgehead atoms. The maximum Gasteiger partial charge on any atom is 0.319 e. The van der Waals surface area contributed by atoms with E-state index in [0.717, 1.165) is 47.2 Å². The van der Waals surface area contributed by atoms with Gasteiger partial charge in [-0.2, -0.15) is 0 Å². The molecule has 23 heavy (non-hydrogen) atoms. The number of urea groups is 1. The summed E-state index contributed by atoms with van der Waals surface area (Å²) in [4.78, 5) is 16.9. The number of para-hydroxylation sites is 1. The molecule has 0 saturated heterocycles. The molecule has 1 aromatic heterocycles. The van der Waals surface area contributed by atoms with Crippen molar-refractivity contribution in [2.24, 2.45) is 0 Å². The van der Waals surface area contributed by atoms with Gasteiger partial charge in [0.25, 0.3) is 0 Å². The van der Waals surface area contributed by atoms with Crippen molar-refractivity contribution in [2.75, 3.05) is 11.1 Å². The van der Waals surface area contributed by atoms with Crippen molar-refractivity contribution in [3.8, 4) is 11.3 Å². The zero-order valence-corrected chi connectivity index (χ0v) is 13.7. The second kappa shape index (κ2) is 6.28. The molecule has 1 fully saturated rings. The van der Waals surface area contributed by atoms with Gasteiger partial charge in [-0.1, -0.05) is 42.8 Å². The molecule has 2 aromatic rings. The molecule has 0 spiro atoms. The number of thioether (sulfide) groups is 1. The SMILES string of the molecule is O=C(Nc1ccccc1-c1cn2c(n1)SCC2)NC1CCCC1. The minimum atomic E-state index is -0.120. The lowest BCUT2D eigenvalue weighted by Gasteiger charge is -2.14. The van der Waals surface area contributed by atoms with Crippen LogP contribution in [0.5, 0.6) is 0 Å². The van der Waals surface area contributed by atoms with Gasteiger partial charge >= 0.3 is 6.03 Å². The first kappa shape index (κ1) is 14.6. The largest absolute Gasteiger partial charge is 0.335 e. The number of hydrogen-bond acceptors (Lipinski definition) is 3. The molecule has 1 aromatic carbocycles. The summed E-state index contributed by atoms with van der Waals surface area (Å²) < 4.78 is 2.18. The standard InChI is InChI=1S/C17H20N4OS/c22-16(18-12-5-1-2-6-12)19-14-8-4-3-7-13(14)15-11-21-9-10-23-17(21)20-15/h3-4,7-8,11-12H,1-2,5-6,9-10H2,(H2,18,19,22). The van der Waals surface area contributed by atoms with Crippen LogP contribution in [0.3, 0.4) is 0 Å². The van der Waals surface area contributed by atoms with E-state index < -0.39 is 0 Å². The Balaban J connectivity index is 1.53. The fraction of sp³-hybridized carbons (Fsp3) is 0.412. The van der Waals surface area contributed by atoms with Crippen molar-refractivity contribution >= 4 is 23.5 Å². The first-order valence-electron chi connectivity index (χ1n) is 8.16. The third-order valence-electron chi connectivity index (χ3n) is 4.44. The Morgan fingerprint density at radius 3 is 2.91 bits per heavy atom. The lowest BCUT2D eigenvalue weighted by molar-refractivity contribution is 0.248. The predicted octanol–water partition coefficient (Wildman–Crippen LogP) is 3.72. The molecule has 4 rings (SSSR count). The Labute approximate surface area is 139 Å². The van der Waals surface area contributed by atoms with Crippen LogP contribution in [0.2, 0.25) is 0 Å². The Hall–Kier alpha value is -1.95. The van der Waals surface area contributed by atoms with E-state index in [2.05, 4.69) is 26.4 Å². The van der Waals surface area contributed by atoms with Gasteiger partial charge in [0.05, 0.1) is 11.4 Å². The molecule has 1 aliphatic carbocycles. The molecule has 2 N–H and O–H groups in total. The Kier molecular flexibility index (Phi) is 3.99. The molecule has 1 aliphatic heterocycles. The normalized spacial score (nSPS) is 17.2. The summed E-state index contributed by atoms with van der Waals surface area (Å²) in [6.45, 7) is 1.00. The third kappa shape index (κ3) is 3.08. The third-order valence-corrected chi connectivity index (χ3v) is 5.42. The fourth-order valence-corrected chi connectivity index (χ4v) is 4.21. The number of hydrogen-bond donors (Lipinski definition) is 2. The fourth-order valence-electron chi connectivity index (χ4n) is 3.27. The number of nitrogens with one attached hydrogen (secondary N) is 2. The maximum absolute atomic E-state index is 12.2. The number of aromatic nitrogens is 2. The topological polar surface area (TPSA) is 59.0 Å². The number of carbonyl (C=O) groups excluding carboxylic acids is 1. The van der Waals surface area contributed by atoms with Crippen LogP contribution in [-0.2, 0) is 6.54 Å². The molecule has 0 unspecified atom stereocenters. The van der Waals surface area contributed by atoms with Crippen LogP contribution >= 0.6 is 11.8 Å². The predicted molar refractivity (Wildman–Crippen MR) is 92.8 cm³/mol. The van der Waals surface area contributed by atoms with E-state index in [-0.39, 0.29) is 6.03 Å². The highest BCUT2D eigenvalue weighted by Crippen LogP contribution is 2.32. The molecule has 2 amide bonds. The van der Waals surface area contributed by atoms with Gasteiger partial charge < -0.3 is 15.2 Å². The van der Waals surface area contributed by atoms with E-state index in [1.54, 1.807) is 11.8 Å². The molecular weight excluding hydrogens is 308 g/mol. The van der Waals surface area contributed by atoms with Crippen molar-refractivity contribution in [3.05, 3.63) is 30.5 Å². The lowest BCUT2D eigenvalue weighted by Crippen LogP contribution is -2.36. The van der Waals surface area contributed by atoms with Gasteiger partial charge in [-0.05, 0) is 18.9 Å². The second-order valence-corrected chi connectivity index (χ2v) is 7.14. The van der Waals surface area contributed by atoms with Crippen molar-refractivity contribution in [1.82, 2.24) is 14.9 Å². The molecule has 120 valence electrons. The van der Waals surface area contributed by atoms with E-state index in [0.29, 0.717) is 6.04 Å². The highest BCUT2D eigenvalue weighted by molar-refractivity contribution is 7.99. The summed E-state index contributed by atoms with van der Waals surface area (Å²) in [6, 6.07) is 8.05. The van der Waals surface area contributed by atoms with E-state index in [4.69, 9.17) is 0 Å². The highest BCUT2D eigenvalue weighted by Gasteiger charge is 2.19. The Morgan fingerprint density at radius 2 is 2.09 bits per heavy atom. The van der Waals surface area contributed by atoms with Crippen LogP contribution < -0.4 is 10.6 Å². The smallest absolute Gasteiger partial charge is 0.319 e. The maximum atomic E-state index is 12.2. The quantitative estimate of drug-likeness (QED) is 0.903. The number of imidazole rings is 1. The summed E-state index contributed by atoms with van der Waals surface area (Å²) in [5, 5.41) is 7.12. The monoisotopic (exact) mass is 328 g/mol. The number of aryl methyl sites for hydroxylation is 1. The average Bonchev–Trinajstić information content (AvgIpc) is 3.24. The highest BCUT2D eigenvalue weighted by atomic mass is 32.2. The molecular formula is C17H20N4OS. The van der Waals surface area contributed by atoms with Crippen LogP contribution in [0.4, 0.5) is 10.5 Å². The van der Waals surface area contributed by atoms with E-state index in [9.17, 15) is 4.79 Å². The molecule has 6 heteroatoms. The van der Waals surface area contributed by atoms with Gasteiger partial charge in [0.2, 0.25) is 0 Å². The summed E-state index contributed by atoms with van der Waals surface area (Å²) in [6.07, 6.45) is 6.66. The van der Waals surface area contributed by atoms with Crippen molar-refractivity contribution in [1.29, 1.82) is 0 Å². The van der Waals surface area contributed by atoms with Crippen molar-refractivity contribution < 1.29 is 4.79 Å². The molecule has 2 heterocycles. The van der Waals surface area contributed by atoms with Gasteiger partial charge in [-0.3, -0.25) is 0 Å². The number of benzene rings is 1. The molecule has 0 radical (unpaired) electrons. The minimum absolute atomic E-state index is 0.120. The zero-order chi connectivity index (χ0) is 15.6. The number of nitrogens with zero attached hydrogens (tertiary/aromatic N) is 2. The van der Waals surface area contributed by atoms with Crippen LogP contribution in [-0.4, -0.2) is 27.4 Å². The second-order valence-electron chi connectivity index (χ2n) is 6.08. The molecule has 5 nitrogen and oxygen atoms in total. The van der Waals surface area contributed by atoms with Crippen LogP contribution in [0.25, 0.3) is 11.3 Å². The Morgan fingerprint density at radius 1 is 1.26 bits per heavy atom. The van der Waals surface area contributed by atoms with Crippen molar-refractivity contribution in [3.63, 3.8) is 0 Å². The van der Waals surface area contributed by atoms with E-state index >= 15 is 0 Å². The van der Waals surface area contributed by atoms with E-state index in [1.807, 2.05) is 24.3 Å². The number of amides is 2. The van der Waals surface area contributed by atoms with Gasteiger partial charge in [0, 0.05) is 30.1 Å². The number of fused-ring (bicyclic) bond motifs is 1. The first-order valence-corrected chi connectivity index (χ1v) is 9.15. The molecule has 0 atom stereocenters. The first-order chi connectivity index (χ1) is 11.3. The van der Waals surface area contributed by atoms with Crippen LogP contribution in [0.15, 0.2) is 35.6 Å². The average molecular weight is 328 g/mol. The minimum Gasteiger partial charge on any atom is -0.335 e. The van der Waals surface area contributed by atoms with Gasteiger partial charge in [0.15, 0.2) is 5.16 Å². The van der Waals surface area contributed by atoms with Crippen LogP contribution in [0.1, 0.15) is 25.7 Å². The van der Waals surface area contributed by atoms with Gasteiger partial charge in [-0.15, -0.1) is 0 Å². The number of carbonyl (C=O) groups is 1. The zero-order valence-electron chi connectivity index (χ0n) is 12.9. The summed E-state index contributed by atoms with van der Waals surface area (Å²) in [7, 11) is 0. The summed E-state index contributed by atoms with van der Waals surface area (Å²) in [5.41, 5.74) is 2.70. The Bertz CT molecular complexity index is 700. The van der Waals surface area contributed by atoms with Crippen LogP contribution in [0, 0.1) is 0 Å². The molecule has 2 aliphatic rings. The van der Waals surface area contributed by atoms with Gasteiger partial charge in [-0.25, -0.2) is 9.78 Å². The number of anilines is 1. The number of rotatable bonds is 3. The molecule has 1 saturated carbocycles. The summed E-state index contributed by atoms with van der Waals surface area (Å²) >= 11 is 1.78.